The van der Waals surface area contributed by atoms with E-state index in [1.807, 2.05) is 37.3 Å². The van der Waals surface area contributed by atoms with Crippen molar-refractivity contribution in [3.8, 4) is 5.75 Å². The molecule has 0 aromatic heterocycles. The van der Waals surface area contributed by atoms with Crippen LogP contribution in [0.25, 0.3) is 0 Å². The quantitative estimate of drug-likeness (QED) is 0.763. The van der Waals surface area contributed by atoms with Crippen LogP contribution in [-0.2, 0) is 12.8 Å². The maximum Gasteiger partial charge on any atom is 0.200 e. The monoisotopic (exact) mass is 344 g/mol. The summed E-state index contributed by atoms with van der Waals surface area (Å²) >= 11 is 3.46. The third-order valence-corrected chi connectivity index (χ3v) is 4.49. The molecule has 0 unspecified atom stereocenters. The van der Waals surface area contributed by atoms with E-state index in [1.54, 1.807) is 0 Å². The molecule has 108 valence electrons. The number of hydrogen-bond acceptors (Lipinski definition) is 2. The van der Waals surface area contributed by atoms with Gasteiger partial charge in [0, 0.05) is 5.56 Å². The zero-order chi connectivity index (χ0) is 14.8. The number of benzene rings is 2. The molecule has 2 nitrogen and oxygen atoms in total. The Morgan fingerprint density at radius 2 is 1.95 bits per heavy atom. The molecule has 0 N–H and O–H groups in total. The normalized spacial score (nSPS) is 13.0. The number of carbonyl (C=O) groups excluding carboxylic acids is 1. The molecule has 0 spiro atoms. The molecule has 0 amide bonds. The van der Waals surface area contributed by atoms with Crippen molar-refractivity contribution in [1.29, 1.82) is 0 Å². The molecule has 0 fully saturated rings. The molecule has 0 saturated carbocycles. The van der Waals surface area contributed by atoms with Gasteiger partial charge in [0.1, 0.15) is 5.75 Å². The van der Waals surface area contributed by atoms with Gasteiger partial charge in [-0.2, -0.15) is 0 Å². The predicted molar refractivity (Wildman–Crippen MR) is 87.2 cm³/mol. The van der Waals surface area contributed by atoms with Gasteiger partial charge >= 0.3 is 0 Å². The van der Waals surface area contributed by atoms with Gasteiger partial charge in [0.05, 0.1) is 4.47 Å². The Kier molecular flexibility index (Phi) is 4.11. The summed E-state index contributed by atoms with van der Waals surface area (Å²) in [5.41, 5.74) is 4.60. The van der Waals surface area contributed by atoms with Crippen molar-refractivity contribution in [3.63, 3.8) is 0 Å². The van der Waals surface area contributed by atoms with Gasteiger partial charge in [-0.15, -0.1) is 0 Å². The first kappa shape index (κ1) is 14.3. The van der Waals surface area contributed by atoms with Crippen molar-refractivity contribution in [1.82, 2.24) is 0 Å². The molecule has 1 aliphatic carbocycles. The average Bonchev–Trinajstić information content (AvgIpc) is 2.93. The highest BCUT2D eigenvalue weighted by Crippen LogP contribution is 2.26. The summed E-state index contributed by atoms with van der Waals surface area (Å²) in [6.07, 6.45) is 3.41. The van der Waals surface area contributed by atoms with Gasteiger partial charge in [-0.3, -0.25) is 4.79 Å². The lowest BCUT2D eigenvalue weighted by atomic mass is 10.0. The van der Waals surface area contributed by atoms with Crippen LogP contribution in [0, 0.1) is 6.92 Å². The second-order valence-electron chi connectivity index (χ2n) is 5.48. The third-order valence-electron chi connectivity index (χ3n) is 3.87. The van der Waals surface area contributed by atoms with Crippen LogP contribution in [0.3, 0.4) is 0 Å². The first-order valence-electron chi connectivity index (χ1n) is 7.17. The number of ether oxygens (including phenoxy) is 1. The van der Waals surface area contributed by atoms with E-state index >= 15 is 0 Å². The second-order valence-corrected chi connectivity index (χ2v) is 6.34. The summed E-state index contributed by atoms with van der Waals surface area (Å²) < 4.78 is 6.51. The number of aryl methyl sites for hydroxylation is 3. The molecule has 3 rings (SSSR count). The van der Waals surface area contributed by atoms with Crippen LogP contribution in [0.4, 0.5) is 0 Å². The summed E-state index contributed by atoms with van der Waals surface area (Å²) in [6, 6.07) is 11.9. The predicted octanol–water partition coefficient (Wildman–Crippen LogP) is 4.51. The van der Waals surface area contributed by atoms with E-state index in [9.17, 15) is 4.79 Å². The van der Waals surface area contributed by atoms with Crippen molar-refractivity contribution >= 4 is 21.7 Å². The smallest absolute Gasteiger partial charge is 0.200 e. The molecule has 3 heteroatoms. The molecule has 2 aromatic rings. The van der Waals surface area contributed by atoms with E-state index in [4.69, 9.17) is 4.74 Å². The number of Topliss-reactive ketones (excluding diaryl/α,β-unsaturated/α-hetero) is 1. The van der Waals surface area contributed by atoms with Crippen molar-refractivity contribution in [2.75, 3.05) is 6.61 Å². The van der Waals surface area contributed by atoms with Crippen molar-refractivity contribution in [3.05, 3.63) is 63.1 Å². The van der Waals surface area contributed by atoms with E-state index in [1.165, 1.54) is 17.5 Å². The highest BCUT2D eigenvalue weighted by atomic mass is 79.9. The van der Waals surface area contributed by atoms with Gasteiger partial charge in [0.15, 0.2) is 12.4 Å². The number of fused-ring (bicyclic) bond motifs is 1. The standard InChI is InChI=1S/C18H17BrO2/c1-12-5-8-18(16(19)9-12)21-11-17(20)15-7-6-13-3-2-4-14(13)10-15/h5-10H,2-4,11H2,1H3. The Morgan fingerprint density at radius 3 is 2.76 bits per heavy atom. The fraction of sp³-hybridized carbons (Fsp3) is 0.278. The molecule has 1 aliphatic rings. The minimum absolute atomic E-state index is 0.0252. The minimum atomic E-state index is 0.0252. The van der Waals surface area contributed by atoms with Gasteiger partial charge < -0.3 is 4.74 Å². The molecule has 0 heterocycles. The number of rotatable bonds is 4. The van der Waals surface area contributed by atoms with Crippen LogP contribution < -0.4 is 4.74 Å². The molecule has 0 saturated heterocycles. The van der Waals surface area contributed by atoms with Gasteiger partial charge in [-0.05, 0) is 77.0 Å². The van der Waals surface area contributed by atoms with Gasteiger partial charge in [0.2, 0.25) is 0 Å². The Bertz CT molecular complexity index is 692. The summed E-state index contributed by atoms with van der Waals surface area (Å²) in [4.78, 5) is 12.3. The lowest BCUT2D eigenvalue weighted by Gasteiger charge is -2.09. The Hall–Kier alpha value is -1.61. The number of hydrogen-bond donors (Lipinski definition) is 0. The van der Waals surface area contributed by atoms with E-state index in [2.05, 4.69) is 22.0 Å². The fourth-order valence-corrected chi connectivity index (χ4v) is 3.30. The van der Waals surface area contributed by atoms with Crippen molar-refractivity contribution in [2.45, 2.75) is 26.2 Å². The molecular weight excluding hydrogens is 328 g/mol. The van der Waals surface area contributed by atoms with Gasteiger partial charge in [0.25, 0.3) is 0 Å². The lowest BCUT2D eigenvalue weighted by Crippen LogP contribution is -2.12. The minimum Gasteiger partial charge on any atom is -0.484 e. The fourth-order valence-electron chi connectivity index (χ4n) is 2.69. The van der Waals surface area contributed by atoms with E-state index in [0.717, 1.165) is 28.4 Å². The maximum atomic E-state index is 12.3. The van der Waals surface area contributed by atoms with Crippen molar-refractivity contribution in [2.24, 2.45) is 0 Å². The summed E-state index contributed by atoms with van der Waals surface area (Å²) in [5.74, 6) is 0.729. The van der Waals surface area contributed by atoms with Crippen molar-refractivity contribution < 1.29 is 9.53 Å². The van der Waals surface area contributed by atoms with Crippen LogP contribution in [0.15, 0.2) is 40.9 Å². The maximum absolute atomic E-state index is 12.3. The van der Waals surface area contributed by atoms with E-state index < -0.39 is 0 Å². The highest BCUT2D eigenvalue weighted by Gasteiger charge is 2.14. The first-order valence-corrected chi connectivity index (χ1v) is 7.97. The van der Waals surface area contributed by atoms with Crippen LogP contribution in [0.2, 0.25) is 0 Å². The molecule has 2 aromatic carbocycles. The third kappa shape index (κ3) is 3.18. The second kappa shape index (κ2) is 6.02. The van der Waals surface area contributed by atoms with Gasteiger partial charge in [-0.1, -0.05) is 18.2 Å². The molecule has 0 aliphatic heterocycles. The lowest BCUT2D eigenvalue weighted by molar-refractivity contribution is 0.0921. The van der Waals surface area contributed by atoms with E-state index in [-0.39, 0.29) is 12.4 Å². The summed E-state index contributed by atoms with van der Waals surface area (Å²) in [6.45, 7) is 2.09. The largest absolute Gasteiger partial charge is 0.484 e. The SMILES string of the molecule is Cc1ccc(OCC(=O)c2ccc3c(c2)CCC3)c(Br)c1. The van der Waals surface area contributed by atoms with E-state index in [0.29, 0.717) is 5.75 Å². The van der Waals surface area contributed by atoms with Crippen LogP contribution >= 0.6 is 15.9 Å². The highest BCUT2D eigenvalue weighted by molar-refractivity contribution is 9.10. The summed E-state index contributed by atoms with van der Waals surface area (Å²) in [5, 5.41) is 0. The van der Waals surface area contributed by atoms with Gasteiger partial charge in [-0.25, -0.2) is 0 Å². The number of carbonyl (C=O) groups is 1. The molecule has 0 radical (unpaired) electrons. The number of halogens is 1. The topological polar surface area (TPSA) is 26.3 Å². The summed E-state index contributed by atoms with van der Waals surface area (Å²) in [7, 11) is 0. The Labute approximate surface area is 133 Å². The molecule has 0 bridgehead atoms. The van der Waals surface area contributed by atoms with Crippen LogP contribution in [0.1, 0.15) is 33.5 Å². The molecule has 0 atom stereocenters. The van der Waals surface area contributed by atoms with Crippen LogP contribution in [0.5, 0.6) is 5.75 Å². The van der Waals surface area contributed by atoms with Crippen LogP contribution in [-0.4, -0.2) is 12.4 Å². The molecule has 21 heavy (non-hydrogen) atoms. The average molecular weight is 345 g/mol. The Morgan fingerprint density at radius 1 is 1.14 bits per heavy atom. The number of ketones is 1. The first-order chi connectivity index (χ1) is 10.1. The zero-order valence-corrected chi connectivity index (χ0v) is 13.6. The molecular formula is C18H17BrO2. The Balaban J connectivity index is 1.69. The zero-order valence-electron chi connectivity index (χ0n) is 12.0.